The van der Waals surface area contributed by atoms with Gasteiger partial charge in [-0.3, -0.25) is 0 Å². The zero-order chi connectivity index (χ0) is 13.1. The summed E-state index contributed by atoms with van der Waals surface area (Å²) in [6.45, 7) is 0. The van der Waals surface area contributed by atoms with Crippen molar-refractivity contribution in [3.05, 3.63) is 27.9 Å². The van der Waals surface area contributed by atoms with Crippen molar-refractivity contribution in [3.8, 4) is 10.6 Å². The molecular formula is C11H10N4S4. The SMILES string of the molecule is CNc1nnc(SCc2csc(-c3ccsc3)n2)s1. The molecule has 0 aliphatic carbocycles. The molecule has 0 fully saturated rings. The summed E-state index contributed by atoms with van der Waals surface area (Å²) in [5.74, 6) is 0.832. The molecule has 3 aromatic rings. The number of aromatic nitrogens is 3. The van der Waals surface area contributed by atoms with Gasteiger partial charge in [-0.05, 0) is 11.4 Å². The molecule has 0 saturated carbocycles. The van der Waals surface area contributed by atoms with Gasteiger partial charge in [0.25, 0.3) is 0 Å². The van der Waals surface area contributed by atoms with Crippen molar-refractivity contribution < 1.29 is 0 Å². The Labute approximate surface area is 126 Å². The maximum absolute atomic E-state index is 4.64. The number of hydrogen-bond acceptors (Lipinski definition) is 8. The van der Waals surface area contributed by atoms with E-state index in [0.29, 0.717) is 0 Å². The van der Waals surface area contributed by atoms with Crippen LogP contribution in [-0.2, 0) is 5.75 Å². The average Bonchev–Trinajstić information content (AvgIpc) is 3.16. The lowest BCUT2D eigenvalue weighted by Crippen LogP contribution is -1.84. The van der Waals surface area contributed by atoms with Gasteiger partial charge in [0.05, 0.1) is 5.69 Å². The first-order valence-electron chi connectivity index (χ1n) is 5.46. The van der Waals surface area contributed by atoms with Gasteiger partial charge in [0.15, 0.2) is 4.34 Å². The minimum absolute atomic E-state index is 0.832. The normalized spacial score (nSPS) is 10.8. The molecule has 0 radical (unpaired) electrons. The molecule has 0 spiro atoms. The third-order valence-electron chi connectivity index (χ3n) is 2.28. The largest absolute Gasteiger partial charge is 0.363 e. The van der Waals surface area contributed by atoms with E-state index in [1.54, 1.807) is 45.8 Å². The first-order chi connectivity index (χ1) is 9.35. The standard InChI is InChI=1S/C11H10N4S4/c1-12-10-14-15-11(19-10)18-6-8-5-17-9(13-8)7-2-3-16-4-7/h2-5H,6H2,1H3,(H,12,14). The van der Waals surface area contributed by atoms with Crippen LogP contribution in [0.3, 0.4) is 0 Å². The Hall–Kier alpha value is -0.960. The molecule has 19 heavy (non-hydrogen) atoms. The van der Waals surface area contributed by atoms with Crippen LogP contribution in [0.1, 0.15) is 5.69 Å². The molecule has 1 N–H and O–H groups in total. The molecule has 0 bridgehead atoms. The lowest BCUT2D eigenvalue weighted by atomic mass is 10.4. The minimum Gasteiger partial charge on any atom is -0.363 e. The average molecular weight is 326 g/mol. The Morgan fingerprint density at radius 3 is 3.00 bits per heavy atom. The first kappa shape index (κ1) is 13.0. The molecule has 3 heterocycles. The smallest absolute Gasteiger partial charge is 0.206 e. The number of anilines is 1. The number of thiophene rings is 1. The highest BCUT2D eigenvalue weighted by Crippen LogP contribution is 2.31. The summed E-state index contributed by atoms with van der Waals surface area (Å²) < 4.78 is 0.967. The fraction of sp³-hybridized carbons (Fsp3) is 0.182. The zero-order valence-corrected chi connectivity index (χ0v) is 13.3. The number of rotatable bonds is 5. The first-order valence-corrected chi connectivity index (χ1v) is 9.08. The second-order valence-electron chi connectivity index (χ2n) is 3.57. The number of thiazole rings is 1. The summed E-state index contributed by atoms with van der Waals surface area (Å²) in [6, 6.07) is 2.10. The number of nitrogens with one attached hydrogen (secondary N) is 1. The van der Waals surface area contributed by atoms with Gasteiger partial charge in [0.2, 0.25) is 5.13 Å². The van der Waals surface area contributed by atoms with Gasteiger partial charge in [-0.25, -0.2) is 4.98 Å². The van der Waals surface area contributed by atoms with Crippen LogP contribution < -0.4 is 5.32 Å². The summed E-state index contributed by atoms with van der Waals surface area (Å²) in [6.07, 6.45) is 0. The van der Waals surface area contributed by atoms with Crippen LogP contribution >= 0.6 is 45.8 Å². The van der Waals surface area contributed by atoms with Gasteiger partial charge >= 0.3 is 0 Å². The Balaban J connectivity index is 1.64. The van der Waals surface area contributed by atoms with Crippen molar-refractivity contribution in [3.63, 3.8) is 0 Å². The van der Waals surface area contributed by atoms with Crippen molar-refractivity contribution in [2.45, 2.75) is 10.1 Å². The Kier molecular flexibility index (Phi) is 4.12. The summed E-state index contributed by atoms with van der Waals surface area (Å²) in [5.41, 5.74) is 2.30. The van der Waals surface area contributed by atoms with Crippen molar-refractivity contribution in [2.75, 3.05) is 12.4 Å². The van der Waals surface area contributed by atoms with Crippen LogP contribution in [0.25, 0.3) is 10.6 Å². The monoisotopic (exact) mass is 326 g/mol. The highest BCUT2D eigenvalue weighted by Gasteiger charge is 2.08. The number of hydrogen-bond donors (Lipinski definition) is 1. The lowest BCUT2D eigenvalue weighted by Gasteiger charge is -1.92. The molecule has 3 aromatic heterocycles. The highest BCUT2D eigenvalue weighted by atomic mass is 32.2. The molecule has 0 amide bonds. The second-order valence-corrected chi connectivity index (χ2v) is 7.41. The quantitative estimate of drug-likeness (QED) is 0.717. The molecule has 3 rings (SSSR count). The predicted octanol–water partition coefficient (Wildman–Crippen LogP) is 4.06. The summed E-state index contributed by atoms with van der Waals surface area (Å²) in [4.78, 5) is 4.64. The van der Waals surface area contributed by atoms with Gasteiger partial charge in [0, 0.05) is 29.1 Å². The molecular weight excluding hydrogens is 316 g/mol. The molecule has 0 saturated heterocycles. The van der Waals surface area contributed by atoms with Crippen LogP contribution in [0.2, 0.25) is 0 Å². The molecule has 0 atom stereocenters. The maximum Gasteiger partial charge on any atom is 0.206 e. The predicted molar refractivity (Wildman–Crippen MR) is 84.4 cm³/mol. The van der Waals surface area contributed by atoms with E-state index in [4.69, 9.17) is 0 Å². The van der Waals surface area contributed by atoms with Crippen LogP contribution in [0, 0.1) is 0 Å². The van der Waals surface area contributed by atoms with E-state index >= 15 is 0 Å². The topological polar surface area (TPSA) is 50.7 Å². The third-order valence-corrected chi connectivity index (χ3v) is 6.01. The molecule has 0 unspecified atom stereocenters. The van der Waals surface area contributed by atoms with E-state index in [9.17, 15) is 0 Å². The Morgan fingerprint density at radius 2 is 2.26 bits per heavy atom. The van der Waals surface area contributed by atoms with Crippen LogP contribution in [0.4, 0.5) is 5.13 Å². The van der Waals surface area contributed by atoms with Gasteiger partial charge in [-0.15, -0.1) is 21.5 Å². The Bertz CT molecular complexity index is 643. The molecule has 0 aliphatic heterocycles. The lowest BCUT2D eigenvalue weighted by molar-refractivity contribution is 1.01. The van der Waals surface area contributed by atoms with Gasteiger partial charge in [-0.2, -0.15) is 11.3 Å². The van der Waals surface area contributed by atoms with E-state index in [0.717, 1.165) is 25.9 Å². The fourth-order valence-corrected chi connectivity index (χ4v) is 4.63. The molecule has 4 nitrogen and oxygen atoms in total. The summed E-state index contributed by atoms with van der Waals surface area (Å²) >= 11 is 6.62. The van der Waals surface area contributed by atoms with Crippen molar-refractivity contribution in [1.82, 2.24) is 15.2 Å². The third kappa shape index (κ3) is 3.14. The second kappa shape index (κ2) is 6.00. The molecule has 98 valence electrons. The fourth-order valence-electron chi connectivity index (χ4n) is 1.40. The number of thioether (sulfide) groups is 1. The van der Waals surface area contributed by atoms with Crippen LogP contribution in [-0.4, -0.2) is 22.2 Å². The summed E-state index contributed by atoms with van der Waals surface area (Å²) in [5, 5.41) is 19.4. The van der Waals surface area contributed by atoms with Gasteiger partial charge < -0.3 is 5.32 Å². The molecule has 0 aliphatic rings. The van der Waals surface area contributed by atoms with E-state index in [-0.39, 0.29) is 0 Å². The molecule has 0 aromatic carbocycles. The molecule has 8 heteroatoms. The number of nitrogens with zero attached hydrogens (tertiary/aromatic N) is 3. The van der Waals surface area contributed by atoms with Gasteiger partial charge in [0.1, 0.15) is 5.01 Å². The van der Waals surface area contributed by atoms with Gasteiger partial charge in [-0.1, -0.05) is 23.1 Å². The highest BCUT2D eigenvalue weighted by molar-refractivity contribution is 8.00. The maximum atomic E-state index is 4.64. The Morgan fingerprint density at radius 1 is 1.32 bits per heavy atom. The van der Waals surface area contributed by atoms with Crippen molar-refractivity contribution in [1.29, 1.82) is 0 Å². The van der Waals surface area contributed by atoms with Crippen molar-refractivity contribution >= 4 is 50.9 Å². The van der Waals surface area contributed by atoms with Crippen LogP contribution in [0.5, 0.6) is 0 Å². The van der Waals surface area contributed by atoms with E-state index in [1.807, 2.05) is 7.05 Å². The zero-order valence-electron chi connectivity index (χ0n) is 9.99. The minimum atomic E-state index is 0.832. The summed E-state index contributed by atoms with van der Waals surface area (Å²) in [7, 11) is 1.85. The van der Waals surface area contributed by atoms with E-state index in [1.165, 1.54) is 5.56 Å². The van der Waals surface area contributed by atoms with Crippen LogP contribution in [0.15, 0.2) is 26.5 Å². The van der Waals surface area contributed by atoms with E-state index < -0.39 is 0 Å². The van der Waals surface area contributed by atoms with E-state index in [2.05, 4.69) is 42.7 Å². The van der Waals surface area contributed by atoms with Crippen molar-refractivity contribution in [2.24, 2.45) is 0 Å².